The third kappa shape index (κ3) is 23.1. The summed E-state index contributed by atoms with van der Waals surface area (Å²) in [5.41, 5.74) is 0. The summed E-state index contributed by atoms with van der Waals surface area (Å²) in [6.07, 6.45) is 4.70. The van der Waals surface area contributed by atoms with Crippen LogP contribution in [0.1, 0.15) is 69.2 Å². The predicted molar refractivity (Wildman–Crippen MR) is 137 cm³/mol. The second-order valence-electron chi connectivity index (χ2n) is 3.17. The minimum atomic E-state index is -4.31. The molecule has 0 aliphatic heterocycles. The molecule has 0 aliphatic carbocycles. The Morgan fingerprint density at radius 2 is 1.16 bits per heavy atom. The molecule has 0 amide bonds. The van der Waals surface area contributed by atoms with E-state index in [4.69, 9.17) is 18.3 Å². The fraction of sp³-hybridized carbons (Fsp3) is 0.545. The fourth-order valence-corrected chi connectivity index (χ4v) is 5.57. The number of hydrogen-bond acceptors (Lipinski definition) is 5. The molecule has 0 heterocycles. The molecule has 0 aromatic carbocycles. The molecule has 194 valence electrons. The van der Waals surface area contributed by atoms with Crippen molar-refractivity contribution < 1.29 is 60.6 Å². The van der Waals surface area contributed by atoms with Crippen LogP contribution in [-0.4, -0.2) is 48.6 Å². The predicted octanol–water partition coefficient (Wildman–Crippen LogP) is 4.76. The van der Waals surface area contributed by atoms with E-state index in [1.807, 2.05) is 69.2 Å². The Hall–Kier alpha value is -0.103. The van der Waals surface area contributed by atoms with E-state index in [1.54, 1.807) is 4.40 Å². The molecule has 6 nitrogen and oxygen atoms in total. The molecular formula is C22H45NO5S2W2-2. The zero-order chi connectivity index (χ0) is 28.0. The number of aliphatic hydroxyl groups excluding tert-OH is 1. The average Bonchev–Trinajstić information content (AvgIpc) is 2.87. The van der Waals surface area contributed by atoms with Crippen molar-refractivity contribution in [3.05, 3.63) is 47.3 Å². The van der Waals surface area contributed by atoms with Crippen LogP contribution < -0.4 is 0 Å². The first-order valence-corrected chi connectivity index (χ1v) is 16.6. The molecule has 0 fully saturated rings. The van der Waals surface area contributed by atoms with Crippen molar-refractivity contribution in [1.29, 1.82) is 0 Å². The Labute approximate surface area is 222 Å². The molecule has 0 radical (unpaired) electrons. The third-order valence-corrected chi connectivity index (χ3v) is 8.17. The summed E-state index contributed by atoms with van der Waals surface area (Å²) >= 11 is 1.94. The van der Waals surface area contributed by atoms with E-state index in [1.165, 1.54) is 10.5 Å². The van der Waals surface area contributed by atoms with E-state index in [2.05, 4.69) is 0 Å². The van der Waals surface area contributed by atoms with E-state index in [-0.39, 0.29) is 8.62 Å². The van der Waals surface area contributed by atoms with Gasteiger partial charge in [0.15, 0.2) is 0 Å². The Morgan fingerprint density at radius 3 is 1.41 bits per heavy atom. The maximum atomic E-state index is 12.2. The van der Waals surface area contributed by atoms with Crippen molar-refractivity contribution in [3.8, 4) is 0 Å². The van der Waals surface area contributed by atoms with Crippen LogP contribution in [0, 0.1) is 13.2 Å². The van der Waals surface area contributed by atoms with Gasteiger partial charge in [-0.2, -0.15) is 0 Å². The Kier molecular flexibility index (Phi) is 58.6. The van der Waals surface area contributed by atoms with Gasteiger partial charge < -0.3 is 5.11 Å². The zero-order valence-corrected chi connectivity index (χ0v) is 29.3. The van der Waals surface area contributed by atoms with Crippen LogP contribution in [0.4, 0.5) is 0 Å². The van der Waals surface area contributed by atoms with Gasteiger partial charge in [0.25, 0.3) is 0 Å². The number of sulfonamides is 2. The number of aliphatic hydroxyl groups is 1. The van der Waals surface area contributed by atoms with Crippen molar-refractivity contribution in [2.24, 2.45) is 0 Å². The van der Waals surface area contributed by atoms with Crippen molar-refractivity contribution in [2.75, 3.05) is 14.2 Å². The normalized spacial score (nSPS) is 9.50. The third-order valence-electron chi connectivity index (χ3n) is 1.99. The van der Waals surface area contributed by atoms with Gasteiger partial charge in [0, 0.05) is 7.11 Å². The molecule has 0 saturated heterocycles. The molecule has 0 spiro atoms. The van der Waals surface area contributed by atoms with Crippen LogP contribution in [0.3, 0.4) is 0 Å². The molecule has 0 aromatic rings. The molecule has 0 unspecified atom stereocenters. The van der Waals surface area contributed by atoms with Crippen LogP contribution in [0.5, 0.6) is 0 Å². The average molecular weight is 835 g/mol. The van der Waals surface area contributed by atoms with Crippen LogP contribution in [0.15, 0.2) is 34.1 Å². The van der Waals surface area contributed by atoms with Crippen molar-refractivity contribution in [2.45, 2.75) is 69.2 Å². The fourth-order valence-electron chi connectivity index (χ4n) is 0.927. The van der Waals surface area contributed by atoms with Gasteiger partial charge in [-0.3, -0.25) is 0 Å². The van der Waals surface area contributed by atoms with Crippen molar-refractivity contribution in [3.63, 3.8) is 0 Å². The van der Waals surface area contributed by atoms with Gasteiger partial charge in [-0.05, 0) is 0 Å². The SMILES string of the molecule is CC.CC.CC.CC.CC.CO.[CH-]=CC=C([CH]=[W])S(=O)(=O)N(C)S(=O)(=O)C(=[CH-])C=C[CH]=[W]. The molecule has 0 bridgehead atoms. The van der Waals surface area contributed by atoms with Crippen LogP contribution in [-0.2, 0) is 58.8 Å². The van der Waals surface area contributed by atoms with Gasteiger partial charge in [0.05, 0.1) is 0 Å². The van der Waals surface area contributed by atoms with E-state index in [0.29, 0.717) is 0 Å². The minimum absolute atomic E-state index is 0.204. The number of hydrogen-bond donors (Lipinski definition) is 1. The van der Waals surface area contributed by atoms with Gasteiger partial charge in [-0.25, -0.2) is 0 Å². The van der Waals surface area contributed by atoms with Gasteiger partial charge in [0.2, 0.25) is 0 Å². The molecule has 1 N–H and O–H groups in total. The molecule has 0 aromatic heterocycles. The number of nitrogens with zero attached hydrogens (tertiary/aromatic N) is 1. The van der Waals surface area contributed by atoms with Crippen molar-refractivity contribution >= 4 is 28.8 Å². The molecule has 0 rings (SSSR count). The molecule has 0 saturated carbocycles. The molecule has 0 atom stereocenters. The van der Waals surface area contributed by atoms with Crippen LogP contribution >= 0.6 is 0 Å². The summed E-state index contributed by atoms with van der Waals surface area (Å²) in [7, 11) is -6.60. The zero-order valence-electron chi connectivity index (χ0n) is 21.8. The quantitative estimate of drug-likeness (QED) is 0.282. The molecule has 10 heteroatoms. The maximum absolute atomic E-state index is 12.2. The van der Waals surface area contributed by atoms with E-state index in [9.17, 15) is 16.8 Å². The number of allylic oxidation sites excluding steroid dienone is 5. The Bertz CT molecular complexity index is 698. The van der Waals surface area contributed by atoms with Crippen LogP contribution in [0.2, 0.25) is 0 Å². The topological polar surface area (TPSA) is 91.8 Å². The van der Waals surface area contributed by atoms with Crippen LogP contribution in [0.25, 0.3) is 0 Å². The molecular weight excluding hydrogens is 790 g/mol. The van der Waals surface area contributed by atoms with Crippen molar-refractivity contribution in [1.82, 2.24) is 3.71 Å². The molecule has 32 heavy (non-hydrogen) atoms. The second kappa shape index (κ2) is 38.2. The summed E-state index contributed by atoms with van der Waals surface area (Å²) in [6.45, 7) is 30.6. The van der Waals surface area contributed by atoms with E-state index < -0.39 is 25.0 Å². The van der Waals surface area contributed by atoms with Gasteiger partial charge >= 0.3 is 142 Å². The first-order chi connectivity index (χ1) is 15.2. The second-order valence-corrected chi connectivity index (χ2v) is 9.16. The van der Waals surface area contributed by atoms with Gasteiger partial charge in [-0.1, -0.05) is 69.2 Å². The first-order valence-electron chi connectivity index (χ1n) is 10.3. The van der Waals surface area contributed by atoms with E-state index in [0.717, 1.165) is 71.1 Å². The van der Waals surface area contributed by atoms with E-state index >= 15 is 0 Å². The van der Waals surface area contributed by atoms with Gasteiger partial charge in [-0.15, -0.1) is 0 Å². The monoisotopic (exact) mass is 835 g/mol. The molecule has 0 aliphatic rings. The number of rotatable bonds is 8. The summed E-state index contributed by atoms with van der Waals surface area (Å²) < 4.78 is 51.6. The summed E-state index contributed by atoms with van der Waals surface area (Å²) in [5, 5.41) is 7.00. The summed E-state index contributed by atoms with van der Waals surface area (Å²) in [4.78, 5) is -0.759. The van der Waals surface area contributed by atoms with Gasteiger partial charge in [0.1, 0.15) is 0 Å². The summed E-state index contributed by atoms with van der Waals surface area (Å²) in [6, 6.07) is 0. The Morgan fingerprint density at radius 1 is 0.812 bits per heavy atom. The summed E-state index contributed by atoms with van der Waals surface area (Å²) in [5.74, 6) is 0. The first kappa shape index (κ1) is 49.1. The standard InChI is InChI=1S/C11H11NO4S2.5C2H6.CH4O.2W/c1-6-8-10(3)17(13,14)12(5)18(15,16)11(4)9-7-2;6*1-2;;/h1-4,6-9H,5H3;5*1-2H3;2H,1H3;;/q-2;;;;;;;;. The Balaban J connectivity index is -0.0000000892.